The van der Waals surface area contributed by atoms with Crippen LogP contribution in [0.2, 0.25) is 0 Å². The van der Waals surface area contributed by atoms with Crippen molar-refractivity contribution >= 4 is 16.5 Å². The number of pyridine rings is 1. The fourth-order valence-corrected chi connectivity index (χ4v) is 3.83. The molecule has 4 nitrogen and oxygen atoms in total. The fourth-order valence-electron chi connectivity index (χ4n) is 3.04. The van der Waals surface area contributed by atoms with Gasteiger partial charge in [-0.15, -0.1) is 10.2 Å². The standard InChI is InChI=1S/C22H19FN4S/c1-15-7-6-9-17(13-15)21(19-11-4-5-12-24-19)25-22-27-26-20(28-22)14-16-8-2-3-10-18(16)23/h2-13,21H,14H2,1H3,(H,25,27). The lowest BCUT2D eigenvalue weighted by atomic mass is 10.0. The average molecular weight is 390 g/mol. The van der Waals surface area contributed by atoms with Crippen LogP contribution < -0.4 is 5.32 Å². The zero-order valence-electron chi connectivity index (χ0n) is 15.3. The minimum atomic E-state index is -0.224. The summed E-state index contributed by atoms with van der Waals surface area (Å²) in [5.74, 6) is -0.224. The van der Waals surface area contributed by atoms with Crippen LogP contribution >= 0.6 is 11.3 Å². The van der Waals surface area contributed by atoms with Crippen LogP contribution in [0.5, 0.6) is 0 Å². The molecule has 2 heterocycles. The molecule has 0 aliphatic heterocycles. The average Bonchev–Trinajstić information content (AvgIpc) is 3.16. The Hall–Kier alpha value is -3.12. The second-order valence-corrected chi connectivity index (χ2v) is 7.58. The number of anilines is 1. The zero-order valence-corrected chi connectivity index (χ0v) is 16.2. The number of rotatable bonds is 6. The van der Waals surface area contributed by atoms with Crippen molar-refractivity contribution in [1.82, 2.24) is 15.2 Å². The van der Waals surface area contributed by atoms with E-state index in [9.17, 15) is 4.39 Å². The van der Waals surface area contributed by atoms with E-state index in [1.807, 2.05) is 30.3 Å². The smallest absolute Gasteiger partial charge is 0.206 e. The SMILES string of the molecule is Cc1cccc(C(Nc2nnc(Cc3ccccc3F)s2)c2ccccn2)c1. The maximum Gasteiger partial charge on any atom is 0.206 e. The number of aromatic nitrogens is 3. The van der Waals surface area contributed by atoms with Crippen LogP contribution in [-0.2, 0) is 6.42 Å². The Morgan fingerprint density at radius 1 is 1.00 bits per heavy atom. The molecule has 1 N–H and O–H groups in total. The lowest BCUT2D eigenvalue weighted by Gasteiger charge is -2.18. The van der Waals surface area contributed by atoms with Gasteiger partial charge >= 0.3 is 0 Å². The molecule has 0 fully saturated rings. The molecular weight excluding hydrogens is 371 g/mol. The van der Waals surface area contributed by atoms with Gasteiger partial charge in [-0.25, -0.2) is 4.39 Å². The van der Waals surface area contributed by atoms with Gasteiger partial charge in [-0.05, 0) is 36.2 Å². The summed E-state index contributed by atoms with van der Waals surface area (Å²) in [4.78, 5) is 4.51. The van der Waals surface area contributed by atoms with Gasteiger partial charge in [0.1, 0.15) is 10.8 Å². The summed E-state index contributed by atoms with van der Waals surface area (Å²) in [5.41, 5.74) is 3.80. The molecule has 0 radical (unpaired) electrons. The van der Waals surface area contributed by atoms with Crippen molar-refractivity contribution < 1.29 is 4.39 Å². The van der Waals surface area contributed by atoms with Gasteiger partial charge < -0.3 is 5.32 Å². The molecule has 0 aliphatic rings. The zero-order chi connectivity index (χ0) is 19.3. The van der Waals surface area contributed by atoms with Crippen molar-refractivity contribution in [2.24, 2.45) is 0 Å². The number of benzene rings is 2. The number of aryl methyl sites for hydroxylation is 1. The molecule has 0 amide bonds. The monoisotopic (exact) mass is 390 g/mol. The van der Waals surface area contributed by atoms with E-state index in [0.717, 1.165) is 16.3 Å². The highest BCUT2D eigenvalue weighted by Crippen LogP contribution is 2.28. The first-order valence-electron chi connectivity index (χ1n) is 8.99. The van der Waals surface area contributed by atoms with E-state index < -0.39 is 0 Å². The molecule has 1 unspecified atom stereocenters. The predicted octanol–water partition coefficient (Wildman–Crippen LogP) is 5.17. The molecule has 4 rings (SSSR count). The second-order valence-electron chi connectivity index (χ2n) is 6.52. The highest BCUT2D eigenvalue weighted by molar-refractivity contribution is 7.15. The van der Waals surface area contributed by atoms with Gasteiger partial charge in [-0.2, -0.15) is 0 Å². The van der Waals surface area contributed by atoms with E-state index in [0.29, 0.717) is 17.1 Å². The highest BCUT2D eigenvalue weighted by atomic mass is 32.1. The van der Waals surface area contributed by atoms with E-state index >= 15 is 0 Å². The Morgan fingerprint density at radius 3 is 2.64 bits per heavy atom. The van der Waals surface area contributed by atoms with Crippen molar-refractivity contribution in [3.05, 3.63) is 106 Å². The number of halogens is 1. The molecule has 0 saturated heterocycles. The minimum absolute atomic E-state index is 0.143. The molecule has 2 aromatic carbocycles. The molecule has 2 aromatic heterocycles. The summed E-state index contributed by atoms with van der Waals surface area (Å²) in [6.07, 6.45) is 2.20. The third-order valence-electron chi connectivity index (χ3n) is 4.39. The third kappa shape index (κ3) is 4.23. The van der Waals surface area contributed by atoms with Crippen LogP contribution in [0.4, 0.5) is 9.52 Å². The Bertz CT molecular complexity index is 1060. The van der Waals surface area contributed by atoms with Gasteiger partial charge in [-0.1, -0.05) is 65.4 Å². The molecular formula is C22H19FN4S. The van der Waals surface area contributed by atoms with Crippen LogP contribution in [0.15, 0.2) is 72.9 Å². The lowest BCUT2D eigenvalue weighted by Crippen LogP contribution is -2.13. The molecule has 140 valence electrons. The largest absolute Gasteiger partial charge is 0.348 e. The molecule has 0 aliphatic carbocycles. The fraction of sp³-hybridized carbons (Fsp3) is 0.136. The van der Waals surface area contributed by atoms with Crippen LogP contribution in [0.3, 0.4) is 0 Å². The Morgan fingerprint density at radius 2 is 1.86 bits per heavy atom. The molecule has 0 bridgehead atoms. The lowest BCUT2D eigenvalue weighted by molar-refractivity contribution is 0.613. The van der Waals surface area contributed by atoms with Crippen LogP contribution in [0.25, 0.3) is 0 Å². The van der Waals surface area contributed by atoms with E-state index in [-0.39, 0.29) is 11.9 Å². The summed E-state index contributed by atoms with van der Waals surface area (Å²) in [6.45, 7) is 2.07. The van der Waals surface area contributed by atoms with Crippen LogP contribution in [0.1, 0.15) is 33.4 Å². The number of hydrogen-bond acceptors (Lipinski definition) is 5. The highest BCUT2D eigenvalue weighted by Gasteiger charge is 2.18. The quantitative estimate of drug-likeness (QED) is 0.493. The van der Waals surface area contributed by atoms with Gasteiger partial charge in [0.05, 0.1) is 11.7 Å². The summed E-state index contributed by atoms with van der Waals surface area (Å²) in [6, 6.07) is 20.8. The molecule has 1 atom stereocenters. The first-order valence-corrected chi connectivity index (χ1v) is 9.80. The van der Waals surface area contributed by atoms with Crippen molar-refractivity contribution in [3.63, 3.8) is 0 Å². The van der Waals surface area contributed by atoms with E-state index in [2.05, 4.69) is 45.6 Å². The Balaban J connectivity index is 1.59. The minimum Gasteiger partial charge on any atom is -0.348 e. The molecule has 0 saturated carbocycles. The van der Waals surface area contributed by atoms with E-state index in [4.69, 9.17) is 0 Å². The van der Waals surface area contributed by atoms with Gasteiger partial charge in [0.2, 0.25) is 5.13 Å². The van der Waals surface area contributed by atoms with Crippen molar-refractivity contribution in [1.29, 1.82) is 0 Å². The van der Waals surface area contributed by atoms with Crippen LogP contribution in [0, 0.1) is 12.7 Å². The molecule has 4 aromatic rings. The van der Waals surface area contributed by atoms with Gasteiger partial charge in [0.15, 0.2) is 0 Å². The first-order chi connectivity index (χ1) is 13.7. The first kappa shape index (κ1) is 18.3. The maximum atomic E-state index is 13.9. The number of nitrogens with one attached hydrogen (secondary N) is 1. The Labute approximate surface area is 167 Å². The van der Waals surface area contributed by atoms with Gasteiger partial charge in [0.25, 0.3) is 0 Å². The normalized spacial score (nSPS) is 11.9. The van der Waals surface area contributed by atoms with Gasteiger partial charge in [-0.3, -0.25) is 4.98 Å². The topological polar surface area (TPSA) is 50.7 Å². The number of hydrogen-bond donors (Lipinski definition) is 1. The molecule has 0 spiro atoms. The van der Waals surface area contributed by atoms with Crippen molar-refractivity contribution in [2.45, 2.75) is 19.4 Å². The summed E-state index contributed by atoms with van der Waals surface area (Å²) >= 11 is 1.43. The second kappa shape index (κ2) is 8.27. The molecule has 6 heteroatoms. The Kier molecular flexibility index (Phi) is 5.39. The van der Waals surface area contributed by atoms with Crippen LogP contribution in [-0.4, -0.2) is 15.2 Å². The van der Waals surface area contributed by atoms with Crippen molar-refractivity contribution in [3.8, 4) is 0 Å². The maximum absolute atomic E-state index is 13.9. The third-order valence-corrected chi connectivity index (χ3v) is 5.25. The molecule has 28 heavy (non-hydrogen) atoms. The number of nitrogens with zero attached hydrogens (tertiary/aromatic N) is 3. The summed E-state index contributed by atoms with van der Waals surface area (Å²) in [7, 11) is 0. The van der Waals surface area contributed by atoms with Crippen molar-refractivity contribution in [2.75, 3.05) is 5.32 Å². The van der Waals surface area contributed by atoms with E-state index in [1.54, 1.807) is 18.3 Å². The van der Waals surface area contributed by atoms with E-state index in [1.165, 1.54) is 23.0 Å². The van der Waals surface area contributed by atoms with Gasteiger partial charge in [0, 0.05) is 12.6 Å². The summed E-state index contributed by atoms with van der Waals surface area (Å²) < 4.78 is 13.9. The summed E-state index contributed by atoms with van der Waals surface area (Å²) in [5, 5.41) is 13.4. The predicted molar refractivity (Wildman–Crippen MR) is 110 cm³/mol.